The molecule has 2 aromatic rings. The van der Waals surface area contributed by atoms with Gasteiger partial charge in [-0.15, -0.1) is 0 Å². The van der Waals surface area contributed by atoms with E-state index in [-0.39, 0.29) is 0 Å². The predicted octanol–water partition coefficient (Wildman–Crippen LogP) is 2.68. The first-order valence-electron chi connectivity index (χ1n) is 7.83. The average molecular weight is 331 g/mol. The minimum absolute atomic E-state index is 0.344. The molecule has 5 nitrogen and oxygen atoms in total. The number of fused-ring (bicyclic) bond motifs is 1. The second-order valence-electron chi connectivity index (χ2n) is 6.02. The van der Waals surface area contributed by atoms with Crippen LogP contribution in [0.5, 0.6) is 0 Å². The topological polar surface area (TPSA) is 72.0 Å². The molecule has 0 radical (unpaired) electrons. The number of hydrogen-bond donors (Lipinski definition) is 1. The number of hydrogen-bond acceptors (Lipinski definition) is 5. The van der Waals surface area contributed by atoms with Crippen LogP contribution in [0.1, 0.15) is 35.5 Å². The lowest BCUT2D eigenvalue weighted by molar-refractivity contribution is 0.602. The highest BCUT2D eigenvalue weighted by molar-refractivity contribution is 7.90. The predicted molar refractivity (Wildman–Crippen MR) is 90.3 cm³/mol. The van der Waals surface area contributed by atoms with Crippen molar-refractivity contribution in [3.05, 3.63) is 46.9 Å². The molecule has 0 fully saturated rings. The number of benzene rings is 1. The largest absolute Gasteiger partial charge is 0.366 e. The van der Waals surface area contributed by atoms with E-state index in [9.17, 15) is 8.42 Å². The normalized spacial score (nSPS) is 14.3. The molecule has 3 rings (SSSR count). The van der Waals surface area contributed by atoms with Crippen LogP contribution in [0, 0.1) is 6.92 Å². The third kappa shape index (κ3) is 3.69. The van der Waals surface area contributed by atoms with E-state index >= 15 is 0 Å². The molecule has 1 aromatic carbocycles. The highest BCUT2D eigenvalue weighted by atomic mass is 32.2. The Morgan fingerprint density at radius 1 is 1.09 bits per heavy atom. The molecule has 0 atom stereocenters. The first-order valence-corrected chi connectivity index (χ1v) is 9.72. The second-order valence-corrected chi connectivity index (χ2v) is 8.04. The zero-order valence-corrected chi connectivity index (χ0v) is 14.3. The third-order valence-corrected chi connectivity index (χ3v) is 5.23. The number of anilines is 1. The van der Waals surface area contributed by atoms with Gasteiger partial charge >= 0.3 is 0 Å². The maximum atomic E-state index is 11.5. The molecule has 0 bridgehead atoms. The van der Waals surface area contributed by atoms with Crippen molar-refractivity contribution in [2.24, 2.45) is 0 Å². The van der Waals surface area contributed by atoms with Crippen LogP contribution in [0.4, 0.5) is 5.82 Å². The quantitative estimate of drug-likeness (QED) is 0.932. The zero-order chi connectivity index (χ0) is 16.4. The summed E-state index contributed by atoms with van der Waals surface area (Å²) in [5, 5.41) is 3.39. The van der Waals surface area contributed by atoms with E-state index in [1.54, 1.807) is 12.1 Å². The first-order chi connectivity index (χ1) is 10.9. The number of sulfone groups is 1. The van der Waals surface area contributed by atoms with Crippen LogP contribution >= 0.6 is 0 Å². The van der Waals surface area contributed by atoms with E-state index in [2.05, 4.69) is 15.3 Å². The van der Waals surface area contributed by atoms with E-state index in [4.69, 9.17) is 0 Å². The molecular weight excluding hydrogens is 310 g/mol. The second kappa shape index (κ2) is 6.28. The summed E-state index contributed by atoms with van der Waals surface area (Å²) >= 11 is 0. The number of aromatic nitrogens is 2. The van der Waals surface area contributed by atoms with Crippen LogP contribution in [0.25, 0.3) is 0 Å². The standard InChI is InChI=1S/C17H21N3O2S/c1-12-19-16-6-4-3-5-15(16)17(20-12)18-11-13-7-9-14(10-8-13)23(2,21)22/h7-10H,3-6,11H2,1-2H3,(H,18,19,20). The van der Waals surface area contributed by atoms with E-state index in [1.807, 2.05) is 19.1 Å². The van der Waals surface area contributed by atoms with Gasteiger partial charge in [-0.2, -0.15) is 0 Å². The summed E-state index contributed by atoms with van der Waals surface area (Å²) in [7, 11) is -3.15. The van der Waals surface area contributed by atoms with Gasteiger partial charge in [-0.05, 0) is 50.3 Å². The lowest BCUT2D eigenvalue weighted by Gasteiger charge is -2.19. The van der Waals surface area contributed by atoms with Gasteiger partial charge in [-0.3, -0.25) is 0 Å². The Balaban J connectivity index is 1.77. The summed E-state index contributed by atoms with van der Waals surface area (Å²) in [4.78, 5) is 9.43. The van der Waals surface area contributed by atoms with Crippen LogP contribution in [0.3, 0.4) is 0 Å². The fourth-order valence-corrected chi connectivity index (χ4v) is 3.53. The van der Waals surface area contributed by atoms with Crippen molar-refractivity contribution in [2.45, 2.75) is 44.0 Å². The Hall–Kier alpha value is -1.95. The maximum Gasteiger partial charge on any atom is 0.175 e. The molecular formula is C17H21N3O2S. The van der Waals surface area contributed by atoms with Crippen molar-refractivity contribution in [3.63, 3.8) is 0 Å². The van der Waals surface area contributed by atoms with Gasteiger partial charge < -0.3 is 5.32 Å². The van der Waals surface area contributed by atoms with Crippen molar-refractivity contribution in [3.8, 4) is 0 Å². The molecule has 1 N–H and O–H groups in total. The SMILES string of the molecule is Cc1nc2c(c(NCc3ccc(S(C)(=O)=O)cc3)n1)CCCC2. The average Bonchev–Trinajstić information content (AvgIpc) is 2.52. The van der Waals surface area contributed by atoms with Crippen LogP contribution in [0.2, 0.25) is 0 Å². The Labute approximate surface area is 137 Å². The first kappa shape index (κ1) is 15.9. The monoisotopic (exact) mass is 331 g/mol. The molecule has 1 heterocycles. The van der Waals surface area contributed by atoms with Gasteiger partial charge in [0.15, 0.2) is 9.84 Å². The van der Waals surface area contributed by atoms with Gasteiger partial charge in [0, 0.05) is 24.1 Å². The van der Waals surface area contributed by atoms with Crippen LogP contribution in [-0.2, 0) is 29.2 Å². The Kier molecular flexibility index (Phi) is 4.35. The van der Waals surface area contributed by atoms with E-state index in [0.717, 1.165) is 30.0 Å². The summed E-state index contributed by atoms with van der Waals surface area (Å²) < 4.78 is 23.0. The summed E-state index contributed by atoms with van der Waals surface area (Å²) in [6.45, 7) is 2.54. The van der Waals surface area contributed by atoms with Gasteiger partial charge in [0.2, 0.25) is 0 Å². The number of aryl methyl sites for hydroxylation is 2. The van der Waals surface area contributed by atoms with Crippen molar-refractivity contribution in [1.82, 2.24) is 9.97 Å². The molecule has 0 aliphatic heterocycles. The highest BCUT2D eigenvalue weighted by Crippen LogP contribution is 2.25. The summed E-state index contributed by atoms with van der Waals surface area (Å²) in [5.74, 6) is 1.71. The molecule has 1 aliphatic carbocycles. The molecule has 122 valence electrons. The van der Waals surface area contributed by atoms with E-state index < -0.39 is 9.84 Å². The van der Waals surface area contributed by atoms with E-state index in [0.29, 0.717) is 11.4 Å². The third-order valence-electron chi connectivity index (χ3n) is 4.11. The van der Waals surface area contributed by atoms with Crippen molar-refractivity contribution in [2.75, 3.05) is 11.6 Å². The Bertz CT molecular complexity index is 814. The van der Waals surface area contributed by atoms with Crippen molar-refractivity contribution >= 4 is 15.7 Å². The van der Waals surface area contributed by atoms with Gasteiger partial charge in [0.1, 0.15) is 11.6 Å². The maximum absolute atomic E-state index is 11.5. The fraction of sp³-hybridized carbons (Fsp3) is 0.412. The lowest BCUT2D eigenvalue weighted by atomic mass is 9.96. The molecule has 0 spiro atoms. The Morgan fingerprint density at radius 3 is 2.48 bits per heavy atom. The smallest absolute Gasteiger partial charge is 0.175 e. The Morgan fingerprint density at radius 2 is 1.78 bits per heavy atom. The number of rotatable bonds is 4. The molecule has 6 heteroatoms. The zero-order valence-electron chi connectivity index (χ0n) is 13.5. The van der Waals surface area contributed by atoms with Gasteiger partial charge in [0.05, 0.1) is 4.90 Å². The molecule has 0 saturated heterocycles. The van der Waals surface area contributed by atoms with Crippen molar-refractivity contribution in [1.29, 1.82) is 0 Å². The van der Waals surface area contributed by atoms with Crippen LogP contribution < -0.4 is 5.32 Å². The minimum atomic E-state index is -3.15. The molecule has 1 aliphatic rings. The van der Waals surface area contributed by atoms with Crippen molar-refractivity contribution < 1.29 is 8.42 Å². The molecule has 0 unspecified atom stereocenters. The van der Waals surface area contributed by atoms with Gasteiger partial charge in [-0.25, -0.2) is 18.4 Å². The molecule has 0 amide bonds. The fourth-order valence-electron chi connectivity index (χ4n) is 2.90. The number of nitrogens with zero attached hydrogens (tertiary/aromatic N) is 2. The van der Waals surface area contributed by atoms with Crippen LogP contribution in [0.15, 0.2) is 29.2 Å². The minimum Gasteiger partial charge on any atom is -0.366 e. The van der Waals surface area contributed by atoms with Gasteiger partial charge in [-0.1, -0.05) is 12.1 Å². The molecule has 0 saturated carbocycles. The van der Waals surface area contributed by atoms with Gasteiger partial charge in [0.25, 0.3) is 0 Å². The lowest BCUT2D eigenvalue weighted by Crippen LogP contribution is -2.13. The molecule has 1 aromatic heterocycles. The summed E-state index contributed by atoms with van der Waals surface area (Å²) in [5.41, 5.74) is 3.42. The van der Waals surface area contributed by atoms with E-state index in [1.165, 1.54) is 30.4 Å². The van der Waals surface area contributed by atoms with Crippen LogP contribution in [-0.4, -0.2) is 24.6 Å². The summed E-state index contributed by atoms with van der Waals surface area (Å²) in [6.07, 6.45) is 5.63. The highest BCUT2D eigenvalue weighted by Gasteiger charge is 2.16. The number of nitrogens with one attached hydrogen (secondary N) is 1. The molecule has 23 heavy (non-hydrogen) atoms. The summed E-state index contributed by atoms with van der Waals surface area (Å²) in [6, 6.07) is 6.97.